The molecule has 4 aliphatic carbocycles. The molecule has 0 aromatic heterocycles. The van der Waals surface area contributed by atoms with Crippen LogP contribution in [0.5, 0.6) is 0 Å². The lowest BCUT2D eigenvalue weighted by Crippen LogP contribution is -2.63. The van der Waals surface area contributed by atoms with Crippen molar-refractivity contribution in [2.24, 2.45) is 34.0 Å². The smallest absolute Gasteiger partial charge is 0.309 e. The van der Waals surface area contributed by atoms with Crippen molar-refractivity contribution in [3.8, 4) is 0 Å². The Kier molecular flexibility index (Phi) is 3.35. The van der Waals surface area contributed by atoms with Gasteiger partial charge in [-0.05, 0) is 74.2 Å². The fraction of sp³-hybridized carbons (Fsp3) is 0.850. The van der Waals surface area contributed by atoms with Crippen molar-refractivity contribution in [3.63, 3.8) is 0 Å². The van der Waals surface area contributed by atoms with E-state index in [0.717, 1.165) is 44.1 Å². The average molecular weight is 334 g/mol. The van der Waals surface area contributed by atoms with E-state index >= 15 is 0 Å². The predicted octanol–water partition coefficient (Wildman–Crippen LogP) is 2.98. The first-order valence-electron chi connectivity index (χ1n) is 9.45. The lowest BCUT2D eigenvalue weighted by Gasteiger charge is -2.64. The Morgan fingerprint density at radius 2 is 1.92 bits per heavy atom. The maximum absolute atomic E-state index is 12.1. The van der Waals surface area contributed by atoms with E-state index in [4.69, 9.17) is 0 Å². The first kappa shape index (κ1) is 16.6. The molecule has 0 aliphatic heterocycles. The largest absolute Gasteiger partial charge is 0.481 e. The molecule has 1 spiro atoms. The summed E-state index contributed by atoms with van der Waals surface area (Å²) in [5, 5.41) is 31.9. The summed E-state index contributed by atoms with van der Waals surface area (Å²) in [5.74, 6) is -0.429. The number of hydrogen-bond acceptors (Lipinski definition) is 3. The highest BCUT2D eigenvalue weighted by Crippen LogP contribution is 2.72. The fourth-order valence-corrected chi connectivity index (χ4v) is 7.73. The lowest BCUT2D eigenvalue weighted by atomic mass is 9.40. The number of hydrogen-bond donors (Lipinski definition) is 3. The number of aliphatic carboxylic acids is 1. The van der Waals surface area contributed by atoms with Crippen LogP contribution >= 0.6 is 0 Å². The summed E-state index contributed by atoms with van der Waals surface area (Å²) in [6.45, 7) is 8.22. The molecule has 0 saturated heterocycles. The monoisotopic (exact) mass is 334 g/mol. The van der Waals surface area contributed by atoms with Gasteiger partial charge in [-0.3, -0.25) is 4.79 Å². The molecule has 4 rings (SSSR count). The van der Waals surface area contributed by atoms with Gasteiger partial charge in [0.25, 0.3) is 0 Å². The quantitative estimate of drug-likeness (QED) is 0.644. The SMILES string of the molecule is C=C1[C@@H]2C[C@@H](O)[C@@H]3[C@@]4(C)CCC[C@](C)(C(=O)O)[C@@H]4CC[C@@]3(C2)[C@H]1O. The van der Waals surface area contributed by atoms with Crippen LogP contribution in [0, 0.1) is 34.0 Å². The lowest BCUT2D eigenvalue weighted by molar-refractivity contribution is -0.212. The highest BCUT2D eigenvalue weighted by atomic mass is 16.4. The van der Waals surface area contributed by atoms with Crippen molar-refractivity contribution in [1.82, 2.24) is 0 Å². The highest BCUT2D eigenvalue weighted by molar-refractivity contribution is 5.75. The summed E-state index contributed by atoms with van der Waals surface area (Å²) in [6.07, 6.45) is 4.80. The second kappa shape index (κ2) is 4.85. The maximum atomic E-state index is 12.1. The van der Waals surface area contributed by atoms with Crippen LogP contribution < -0.4 is 0 Å². The van der Waals surface area contributed by atoms with E-state index in [0.29, 0.717) is 6.42 Å². The van der Waals surface area contributed by atoms with Gasteiger partial charge in [-0.2, -0.15) is 0 Å². The topological polar surface area (TPSA) is 77.8 Å². The summed E-state index contributed by atoms with van der Waals surface area (Å²) in [7, 11) is 0. The van der Waals surface area contributed by atoms with Crippen LogP contribution in [0.2, 0.25) is 0 Å². The molecule has 0 heterocycles. The van der Waals surface area contributed by atoms with Crippen molar-refractivity contribution in [3.05, 3.63) is 12.2 Å². The summed E-state index contributed by atoms with van der Waals surface area (Å²) in [4.78, 5) is 12.1. The van der Waals surface area contributed by atoms with Gasteiger partial charge < -0.3 is 15.3 Å². The maximum Gasteiger partial charge on any atom is 0.309 e. The summed E-state index contributed by atoms with van der Waals surface area (Å²) in [5.41, 5.74) is -0.331. The molecule has 8 atom stereocenters. The number of aliphatic hydroxyl groups excluding tert-OH is 2. The zero-order valence-electron chi connectivity index (χ0n) is 14.8. The third kappa shape index (κ3) is 1.74. The van der Waals surface area contributed by atoms with Crippen molar-refractivity contribution in [2.75, 3.05) is 0 Å². The standard InChI is InChI=1S/C20H30O4/c1-11-12-9-13(21)15-18(2)6-4-7-19(3,17(23)24)14(18)5-8-20(15,10-12)16(11)22/h12-16,21-22H,1,4-10H2,2-3H3,(H,23,24)/t12-,13-,14-,15-,16+,18+,19+,20+/m1/s1. The number of rotatable bonds is 1. The molecule has 4 saturated carbocycles. The van der Waals surface area contributed by atoms with E-state index in [1.807, 2.05) is 6.92 Å². The minimum atomic E-state index is -0.717. The van der Waals surface area contributed by atoms with E-state index in [2.05, 4.69) is 13.5 Å². The molecule has 0 aromatic rings. The van der Waals surface area contributed by atoms with Crippen LogP contribution in [0.25, 0.3) is 0 Å². The number of carboxylic acid groups (broad SMARTS) is 1. The van der Waals surface area contributed by atoms with Gasteiger partial charge in [0.1, 0.15) is 0 Å². The molecule has 4 heteroatoms. The third-order valence-corrected chi connectivity index (χ3v) is 8.65. The highest BCUT2D eigenvalue weighted by Gasteiger charge is 2.69. The summed E-state index contributed by atoms with van der Waals surface area (Å²) >= 11 is 0. The Morgan fingerprint density at radius 1 is 1.21 bits per heavy atom. The van der Waals surface area contributed by atoms with E-state index in [1.54, 1.807) is 0 Å². The molecule has 4 aliphatic rings. The first-order valence-corrected chi connectivity index (χ1v) is 9.45. The molecule has 4 fully saturated rings. The number of carboxylic acids is 1. The van der Waals surface area contributed by atoms with Crippen molar-refractivity contribution >= 4 is 5.97 Å². The Balaban J connectivity index is 1.82. The van der Waals surface area contributed by atoms with Crippen molar-refractivity contribution in [1.29, 1.82) is 0 Å². The molecule has 0 radical (unpaired) electrons. The van der Waals surface area contributed by atoms with E-state index in [-0.39, 0.29) is 28.6 Å². The van der Waals surface area contributed by atoms with E-state index < -0.39 is 23.6 Å². The first-order chi connectivity index (χ1) is 11.2. The van der Waals surface area contributed by atoms with Gasteiger partial charge in [-0.25, -0.2) is 0 Å². The normalized spacial score (nSPS) is 56.5. The summed E-state index contributed by atoms with van der Waals surface area (Å²) < 4.78 is 0. The van der Waals surface area contributed by atoms with Crippen LogP contribution in [-0.2, 0) is 4.79 Å². The van der Waals surface area contributed by atoms with Gasteiger partial charge in [0.15, 0.2) is 0 Å². The zero-order valence-corrected chi connectivity index (χ0v) is 14.8. The second-order valence-electron chi connectivity index (χ2n) is 9.57. The molecule has 2 bridgehead atoms. The van der Waals surface area contributed by atoms with Gasteiger partial charge in [-0.1, -0.05) is 19.9 Å². The Hall–Kier alpha value is -0.870. The molecule has 24 heavy (non-hydrogen) atoms. The van der Waals surface area contributed by atoms with Gasteiger partial charge >= 0.3 is 5.97 Å². The number of aliphatic hydroxyl groups is 2. The Morgan fingerprint density at radius 3 is 2.58 bits per heavy atom. The molecule has 134 valence electrons. The third-order valence-electron chi connectivity index (χ3n) is 8.65. The molecular weight excluding hydrogens is 304 g/mol. The van der Waals surface area contributed by atoms with Gasteiger partial charge in [-0.15, -0.1) is 0 Å². The Bertz CT molecular complexity index is 600. The average Bonchev–Trinajstić information content (AvgIpc) is 2.68. The van der Waals surface area contributed by atoms with Gasteiger partial charge in [0.05, 0.1) is 17.6 Å². The molecular formula is C20H30O4. The Labute approximate surface area is 144 Å². The molecule has 4 nitrogen and oxygen atoms in total. The van der Waals surface area contributed by atoms with Crippen LogP contribution in [0.4, 0.5) is 0 Å². The predicted molar refractivity (Wildman–Crippen MR) is 90.2 cm³/mol. The van der Waals surface area contributed by atoms with Crippen molar-refractivity contribution in [2.45, 2.75) is 71.0 Å². The number of fused-ring (bicyclic) bond motifs is 3. The molecule has 0 amide bonds. The zero-order chi connectivity index (χ0) is 17.5. The van der Waals surface area contributed by atoms with Crippen LogP contribution in [0.1, 0.15) is 58.8 Å². The molecule has 0 unspecified atom stereocenters. The van der Waals surface area contributed by atoms with E-state index in [9.17, 15) is 20.1 Å². The van der Waals surface area contributed by atoms with E-state index in [1.165, 1.54) is 0 Å². The number of carbonyl (C=O) groups is 1. The molecule has 0 aromatic carbocycles. The van der Waals surface area contributed by atoms with Crippen LogP contribution in [0.3, 0.4) is 0 Å². The van der Waals surface area contributed by atoms with Crippen molar-refractivity contribution < 1.29 is 20.1 Å². The fourth-order valence-electron chi connectivity index (χ4n) is 7.73. The van der Waals surface area contributed by atoms with Gasteiger partial charge in [0, 0.05) is 5.41 Å². The minimum absolute atomic E-state index is 0.0202. The molecule has 3 N–H and O–H groups in total. The van der Waals surface area contributed by atoms with Gasteiger partial charge in [0.2, 0.25) is 0 Å². The summed E-state index contributed by atoms with van der Waals surface area (Å²) in [6, 6.07) is 0. The second-order valence-corrected chi connectivity index (χ2v) is 9.57. The minimum Gasteiger partial charge on any atom is -0.481 e. The van der Waals surface area contributed by atoms with Crippen LogP contribution in [-0.4, -0.2) is 33.5 Å². The van der Waals surface area contributed by atoms with Crippen LogP contribution in [0.15, 0.2) is 12.2 Å².